The summed E-state index contributed by atoms with van der Waals surface area (Å²) in [7, 11) is 0. The van der Waals surface area contributed by atoms with E-state index >= 15 is 0 Å². The molecule has 59 heavy (non-hydrogen) atoms. The zero-order valence-electron chi connectivity index (χ0n) is 32.9. The number of furan rings is 1. The Balaban J connectivity index is 1.07. The maximum atomic E-state index is 6.30. The van der Waals surface area contributed by atoms with E-state index in [0.717, 1.165) is 50.1 Å². The van der Waals surface area contributed by atoms with Gasteiger partial charge in [-0.1, -0.05) is 147 Å². The smallest absolute Gasteiger partial charge is 0.136 e. The van der Waals surface area contributed by atoms with Gasteiger partial charge in [0.1, 0.15) is 11.2 Å². The van der Waals surface area contributed by atoms with Crippen molar-refractivity contribution < 1.29 is 4.42 Å². The largest absolute Gasteiger partial charge is 0.456 e. The van der Waals surface area contributed by atoms with Crippen LogP contribution in [0.3, 0.4) is 0 Å². The average Bonchev–Trinajstić information content (AvgIpc) is 3.76. The van der Waals surface area contributed by atoms with Crippen LogP contribution in [-0.2, 0) is 5.41 Å². The van der Waals surface area contributed by atoms with Crippen molar-refractivity contribution in [2.45, 2.75) is 19.3 Å². The Kier molecular flexibility index (Phi) is 7.31. The van der Waals surface area contributed by atoms with E-state index in [1.807, 2.05) is 12.1 Å². The minimum Gasteiger partial charge on any atom is -0.456 e. The maximum Gasteiger partial charge on any atom is 0.136 e. The summed E-state index contributed by atoms with van der Waals surface area (Å²) in [5.41, 5.74) is 15.0. The Labute approximate surface area is 343 Å². The van der Waals surface area contributed by atoms with Gasteiger partial charge in [0.25, 0.3) is 0 Å². The Morgan fingerprint density at radius 3 is 1.78 bits per heavy atom. The molecule has 0 N–H and O–H groups in total. The molecule has 0 aliphatic heterocycles. The number of hydrogen-bond acceptors (Lipinski definition) is 2. The second-order valence-electron chi connectivity index (χ2n) is 16.5. The second kappa shape index (κ2) is 12.8. The van der Waals surface area contributed by atoms with Gasteiger partial charge in [0.05, 0.1) is 5.69 Å². The molecule has 1 heterocycles. The Morgan fingerprint density at radius 2 is 0.966 bits per heavy atom. The minimum atomic E-state index is -0.125. The fourth-order valence-electron chi connectivity index (χ4n) is 9.79. The summed E-state index contributed by atoms with van der Waals surface area (Å²) in [5.74, 6) is 0. The highest BCUT2D eigenvalue weighted by molar-refractivity contribution is 6.08. The fourth-order valence-corrected chi connectivity index (χ4v) is 9.79. The van der Waals surface area contributed by atoms with Gasteiger partial charge < -0.3 is 9.32 Å². The third-order valence-electron chi connectivity index (χ3n) is 12.8. The lowest BCUT2D eigenvalue weighted by molar-refractivity contribution is 0.661. The van der Waals surface area contributed by atoms with Crippen LogP contribution in [0.5, 0.6) is 0 Å². The highest BCUT2D eigenvalue weighted by Gasteiger charge is 2.36. The van der Waals surface area contributed by atoms with E-state index in [-0.39, 0.29) is 5.41 Å². The third-order valence-corrected chi connectivity index (χ3v) is 12.8. The van der Waals surface area contributed by atoms with Gasteiger partial charge in [0.2, 0.25) is 0 Å². The predicted octanol–water partition coefficient (Wildman–Crippen LogP) is 16.2. The van der Waals surface area contributed by atoms with Crippen LogP contribution in [-0.4, -0.2) is 0 Å². The highest BCUT2D eigenvalue weighted by Crippen LogP contribution is 2.53. The van der Waals surface area contributed by atoms with E-state index in [2.05, 4.69) is 207 Å². The van der Waals surface area contributed by atoms with E-state index in [1.165, 1.54) is 65.7 Å². The first-order chi connectivity index (χ1) is 29.0. The van der Waals surface area contributed by atoms with Gasteiger partial charge in [-0.3, -0.25) is 0 Å². The summed E-state index contributed by atoms with van der Waals surface area (Å²) in [5, 5.41) is 9.73. The number of para-hydroxylation sites is 1. The summed E-state index contributed by atoms with van der Waals surface area (Å²) in [4.78, 5) is 2.47. The monoisotopic (exact) mass is 753 g/mol. The molecule has 0 fully saturated rings. The highest BCUT2D eigenvalue weighted by atomic mass is 16.3. The first-order valence-corrected chi connectivity index (χ1v) is 20.5. The van der Waals surface area contributed by atoms with Gasteiger partial charge in [-0.15, -0.1) is 0 Å². The molecule has 0 spiro atoms. The lowest BCUT2D eigenvalue weighted by Gasteiger charge is -2.30. The van der Waals surface area contributed by atoms with Crippen molar-refractivity contribution >= 4 is 71.3 Å². The van der Waals surface area contributed by atoms with Crippen LogP contribution in [0, 0.1) is 0 Å². The number of nitrogens with zero attached hydrogens (tertiary/aromatic N) is 1. The zero-order chi connectivity index (χ0) is 39.2. The molecule has 1 aromatic heterocycles. The molecule has 11 aromatic rings. The SMILES string of the molecule is CC1(C)c2ccc(N(c3ccc(-c4ccc5c(c4)oc4ccccc45)cc3)c3ccc4ccccc4c3-c3ccc4ccccc4c3)cc2-c2cc3ccccc3cc21. The molecular weight excluding hydrogens is 715 g/mol. The average molecular weight is 754 g/mol. The van der Waals surface area contributed by atoms with Crippen molar-refractivity contribution in [3.63, 3.8) is 0 Å². The van der Waals surface area contributed by atoms with Gasteiger partial charge in [-0.25, -0.2) is 0 Å². The molecule has 0 unspecified atom stereocenters. The van der Waals surface area contributed by atoms with Gasteiger partial charge in [-0.2, -0.15) is 0 Å². The van der Waals surface area contributed by atoms with Crippen molar-refractivity contribution in [3.8, 4) is 33.4 Å². The Bertz CT molecular complexity index is 3480. The molecule has 0 bridgehead atoms. The number of hydrogen-bond donors (Lipinski definition) is 0. The standard InChI is InChI=1S/C57H39NO/c1-57(2)51-29-27-45(35-50(51)49-32-40-14-5-6-15-41(40)33-52(49)57)58(44-25-21-37(22-26-44)42-23-28-48-47-17-9-10-18-54(47)59-55(48)34-42)53-30-24-38-12-7-8-16-46(38)56(53)43-20-19-36-11-3-4-13-39(36)31-43/h3-35H,1-2H3. The summed E-state index contributed by atoms with van der Waals surface area (Å²) < 4.78 is 6.30. The molecule has 0 radical (unpaired) electrons. The van der Waals surface area contributed by atoms with Crippen molar-refractivity contribution in [1.29, 1.82) is 0 Å². The van der Waals surface area contributed by atoms with E-state index < -0.39 is 0 Å². The van der Waals surface area contributed by atoms with Crippen LogP contribution in [0.25, 0.3) is 87.6 Å². The minimum absolute atomic E-state index is 0.125. The molecule has 2 heteroatoms. The van der Waals surface area contributed by atoms with Gasteiger partial charge >= 0.3 is 0 Å². The lowest BCUT2D eigenvalue weighted by atomic mass is 9.82. The normalized spacial score (nSPS) is 13.1. The molecular formula is C57H39NO. The molecule has 1 aliphatic carbocycles. The van der Waals surface area contributed by atoms with Crippen molar-refractivity contribution in [2.24, 2.45) is 0 Å². The molecule has 0 amide bonds. The van der Waals surface area contributed by atoms with Gasteiger partial charge in [0.15, 0.2) is 0 Å². The number of benzene rings is 10. The van der Waals surface area contributed by atoms with Crippen LogP contribution in [0.15, 0.2) is 205 Å². The van der Waals surface area contributed by atoms with E-state index in [9.17, 15) is 0 Å². The van der Waals surface area contributed by atoms with Crippen LogP contribution in [0.1, 0.15) is 25.0 Å². The first kappa shape index (κ1) is 33.7. The molecule has 2 nitrogen and oxygen atoms in total. The summed E-state index contributed by atoms with van der Waals surface area (Å²) in [6.07, 6.45) is 0. The van der Waals surface area contributed by atoms with Gasteiger partial charge in [-0.05, 0) is 138 Å². The van der Waals surface area contributed by atoms with E-state index in [0.29, 0.717) is 0 Å². The predicted molar refractivity (Wildman–Crippen MR) is 249 cm³/mol. The number of rotatable bonds is 5. The fraction of sp³-hybridized carbons (Fsp3) is 0.0526. The molecule has 278 valence electrons. The molecule has 0 atom stereocenters. The molecule has 0 saturated heterocycles. The molecule has 0 saturated carbocycles. The van der Waals surface area contributed by atoms with Crippen LogP contribution in [0.4, 0.5) is 17.1 Å². The third kappa shape index (κ3) is 5.26. The maximum absolute atomic E-state index is 6.30. The van der Waals surface area contributed by atoms with Crippen molar-refractivity contribution in [3.05, 3.63) is 211 Å². The number of fused-ring (bicyclic) bond motifs is 9. The summed E-state index contributed by atoms with van der Waals surface area (Å²) >= 11 is 0. The Morgan fingerprint density at radius 1 is 0.373 bits per heavy atom. The zero-order valence-corrected chi connectivity index (χ0v) is 32.9. The summed E-state index contributed by atoms with van der Waals surface area (Å²) in [6.45, 7) is 4.74. The molecule has 10 aromatic carbocycles. The quantitative estimate of drug-likeness (QED) is 0.174. The second-order valence-corrected chi connectivity index (χ2v) is 16.5. The lowest BCUT2D eigenvalue weighted by Crippen LogP contribution is -2.15. The molecule has 12 rings (SSSR count). The molecule has 1 aliphatic rings. The van der Waals surface area contributed by atoms with Crippen LogP contribution < -0.4 is 4.90 Å². The van der Waals surface area contributed by atoms with Crippen molar-refractivity contribution in [1.82, 2.24) is 0 Å². The number of anilines is 3. The topological polar surface area (TPSA) is 16.4 Å². The van der Waals surface area contributed by atoms with E-state index in [1.54, 1.807) is 0 Å². The Hall–Kier alpha value is -7.42. The van der Waals surface area contributed by atoms with Crippen LogP contribution in [0.2, 0.25) is 0 Å². The summed E-state index contributed by atoms with van der Waals surface area (Å²) in [6, 6.07) is 73.5. The van der Waals surface area contributed by atoms with E-state index in [4.69, 9.17) is 4.42 Å². The van der Waals surface area contributed by atoms with Crippen LogP contribution >= 0.6 is 0 Å². The van der Waals surface area contributed by atoms with Crippen molar-refractivity contribution in [2.75, 3.05) is 4.90 Å². The van der Waals surface area contributed by atoms with Gasteiger partial charge in [0, 0.05) is 33.1 Å². The first-order valence-electron chi connectivity index (χ1n) is 20.5.